The SMILES string of the molecule is CC1c2cc(-c3c[nH]c4cc(F)ccc34)ccc2SN1C1CCNCC1. The van der Waals surface area contributed by atoms with Crippen molar-refractivity contribution in [1.82, 2.24) is 14.6 Å². The molecule has 3 nitrogen and oxygen atoms in total. The highest BCUT2D eigenvalue weighted by Gasteiger charge is 2.34. The molecule has 0 radical (unpaired) electrons. The molecule has 2 aliphatic heterocycles. The van der Waals surface area contributed by atoms with Crippen LogP contribution in [0.1, 0.15) is 31.4 Å². The summed E-state index contributed by atoms with van der Waals surface area (Å²) in [5.74, 6) is -0.206. The van der Waals surface area contributed by atoms with Crippen LogP contribution in [-0.4, -0.2) is 28.4 Å². The quantitative estimate of drug-likeness (QED) is 0.617. The summed E-state index contributed by atoms with van der Waals surface area (Å²) in [5.41, 5.74) is 4.59. The summed E-state index contributed by atoms with van der Waals surface area (Å²) in [6, 6.07) is 12.8. The van der Waals surface area contributed by atoms with E-state index >= 15 is 0 Å². The second kappa shape index (κ2) is 6.41. The first-order valence-electron chi connectivity index (χ1n) is 9.29. The monoisotopic (exact) mass is 367 g/mol. The molecule has 1 saturated heterocycles. The summed E-state index contributed by atoms with van der Waals surface area (Å²) in [4.78, 5) is 4.57. The van der Waals surface area contributed by atoms with Crippen molar-refractivity contribution >= 4 is 22.9 Å². The summed E-state index contributed by atoms with van der Waals surface area (Å²) in [7, 11) is 0. The average Bonchev–Trinajstić information content (AvgIpc) is 3.23. The number of nitrogens with zero attached hydrogens (tertiary/aromatic N) is 1. The number of fused-ring (bicyclic) bond motifs is 2. The zero-order chi connectivity index (χ0) is 17.7. The number of piperidine rings is 1. The topological polar surface area (TPSA) is 31.1 Å². The van der Waals surface area contributed by atoms with Crippen molar-refractivity contribution in [2.75, 3.05) is 13.1 Å². The summed E-state index contributed by atoms with van der Waals surface area (Å²) >= 11 is 1.91. The Morgan fingerprint density at radius 2 is 1.96 bits per heavy atom. The van der Waals surface area contributed by atoms with Gasteiger partial charge in [-0.25, -0.2) is 8.70 Å². The maximum atomic E-state index is 13.5. The van der Waals surface area contributed by atoms with Crippen LogP contribution in [0.2, 0.25) is 0 Å². The minimum atomic E-state index is -0.206. The molecule has 1 unspecified atom stereocenters. The third kappa shape index (κ3) is 2.66. The van der Waals surface area contributed by atoms with E-state index in [0.717, 1.165) is 29.6 Å². The van der Waals surface area contributed by atoms with Gasteiger partial charge >= 0.3 is 0 Å². The molecule has 2 aromatic carbocycles. The Hall–Kier alpha value is -1.82. The number of aromatic amines is 1. The van der Waals surface area contributed by atoms with Gasteiger partial charge in [0.25, 0.3) is 0 Å². The molecule has 134 valence electrons. The molecule has 5 rings (SSSR count). The zero-order valence-electron chi connectivity index (χ0n) is 14.8. The van der Waals surface area contributed by atoms with Crippen LogP contribution in [0.25, 0.3) is 22.0 Å². The van der Waals surface area contributed by atoms with E-state index in [1.807, 2.05) is 24.2 Å². The lowest BCUT2D eigenvalue weighted by molar-refractivity contribution is 0.245. The fraction of sp³-hybridized carbons (Fsp3) is 0.333. The maximum absolute atomic E-state index is 13.5. The van der Waals surface area contributed by atoms with E-state index < -0.39 is 0 Å². The van der Waals surface area contributed by atoms with Crippen LogP contribution >= 0.6 is 11.9 Å². The van der Waals surface area contributed by atoms with Gasteiger partial charge in [-0.15, -0.1) is 0 Å². The number of benzene rings is 2. The van der Waals surface area contributed by atoms with Crippen molar-refractivity contribution in [3.8, 4) is 11.1 Å². The zero-order valence-corrected chi connectivity index (χ0v) is 15.6. The van der Waals surface area contributed by atoms with E-state index in [2.05, 4.69) is 39.7 Å². The van der Waals surface area contributed by atoms with Gasteiger partial charge < -0.3 is 10.3 Å². The molecule has 1 aromatic heterocycles. The molecule has 5 heteroatoms. The van der Waals surface area contributed by atoms with Crippen LogP contribution in [0, 0.1) is 5.82 Å². The van der Waals surface area contributed by atoms with Gasteiger partial charge in [0.2, 0.25) is 0 Å². The fourth-order valence-electron chi connectivity index (χ4n) is 4.24. The molecular formula is C21H22FN3S. The van der Waals surface area contributed by atoms with Crippen LogP contribution in [0.15, 0.2) is 47.5 Å². The van der Waals surface area contributed by atoms with Gasteiger partial charge in [0.15, 0.2) is 0 Å². The van der Waals surface area contributed by atoms with Gasteiger partial charge in [0.1, 0.15) is 5.82 Å². The lowest BCUT2D eigenvalue weighted by atomic mass is 9.98. The molecule has 0 saturated carbocycles. The van der Waals surface area contributed by atoms with E-state index in [9.17, 15) is 4.39 Å². The lowest BCUT2D eigenvalue weighted by Gasteiger charge is -2.33. The molecule has 3 heterocycles. The first kappa shape index (κ1) is 16.4. The van der Waals surface area contributed by atoms with Gasteiger partial charge in [0.05, 0.1) is 0 Å². The minimum absolute atomic E-state index is 0.206. The van der Waals surface area contributed by atoms with Gasteiger partial charge in [-0.1, -0.05) is 6.07 Å². The predicted molar refractivity (Wildman–Crippen MR) is 106 cm³/mol. The summed E-state index contributed by atoms with van der Waals surface area (Å²) in [5, 5.41) is 4.53. The van der Waals surface area contributed by atoms with Crippen LogP contribution in [-0.2, 0) is 0 Å². The number of H-pyrrole nitrogens is 1. The Balaban J connectivity index is 1.50. The van der Waals surface area contributed by atoms with Crippen molar-refractivity contribution in [3.63, 3.8) is 0 Å². The van der Waals surface area contributed by atoms with Crippen LogP contribution in [0.5, 0.6) is 0 Å². The molecule has 0 spiro atoms. The van der Waals surface area contributed by atoms with Gasteiger partial charge in [-0.3, -0.25) is 0 Å². The molecule has 1 fully saturated rings. The Morgan fingerprint density at radius 1 is 1.12 bits per heavy atom. The molecule has 2 aliphatic rings. The number of hydrogen-bond acceptors (Lipinski definition) is 3. The van der Waals surface area contributed by atoms with Gasteiger partial charge in [-0.05, 0) is 86.3 Å². The van der Waals surface area contributed by atoms with Crippen molar-refractivity contribution in [1.29, 1.82) is 0 Å². The highest BCUT2D eigenvalue weighted by atomic mass is 32.2. The average molecular weight is 367 g/mol. The first-order chi connectivity index (χ1) is 12.7. The molecule has 0 amide bonds. The van der Waals surface area contributed by atoms with E-state index in [-0.39, 0.29) is 5.82 Å². The number of halogens is 1. The highest BCUT2D eigenvalue weighted by molar-refractivity contribution is 7.97. The van der Waals surface area contributed by atoms with E-state index in [4.69, 9.17) is 0 Å². The van der Waals surface area contributed by atoms with Crippen molar-refractivity contribution in [3.05, 3.63) is 54.0 Å². The van der Waals surface area contributed by atoms with Crippen molar-refractivity contribution in [2.24, 2.45) is 0 Å². The molecular weight excluding hydrogens is 345 g/mol. The van der Waals surface area contributed by atoms with Crippen LogP contribution in [0.3, 0.4) is 0 Å². The largest absolute Gasteiger partial charge is 0.360 e. The van der Waals surface area contributed by atoms with E-state index in [1.54, 1.807) is 6.07 Å². The summed E-state index contributed by atoms with van der Waals surface area (Å²) < 4.78 is 16.0. The lowest BCUT2D eigenvalue weighted by Crippen LogP contribution is -2.39. The Labute approximate surface area is 157 Å². The Kier molecular flexibility index (Phi) is 4.03. The maximum Gasteiger partial charge on any atom is 0.125 e. The number of aromatic nitrogens is 1. The van der Waals surface area contributed by atoms with Crippen molar-refractivity contribution < 1.29 is 4.39 Å². The van der Waals surface area contributed by atoms with Gasteiger partial charge in [-0.2, -0.15) is 0 Å². The summed E-state index contributed by atoms with van der Waals surface area (Å²) in [6.07, 6.45) is 4.42. The Morgan fingerprint density at radius 3 is 2.81 bits per heavy atom. The minimum Gasteiger partial charge on any atom is -0.360 e. The molecule has 26 heavy (non-hydrogen) atoms. The molecule has 2 N–H and O–H groups in total. The third-order valence-electron chi connectivity index (χ3n) is 5.67. The molecule has 1 atom stereocenters. The molecule has 0 aliphatic carbocycles. The second-order valence-electron chi connectivity index (χ2n) is 7.25. The highest BCUT2D eigenvalue weighted by Crippen LogP contribution is 2.48. The van der Waals surface area contributed by atoms with E-state index in [0.29, 0.717) is 12.1 Å². The van der Waals surface area contributed by atoms with Crippen molar-refractivity contribution in [2.45, 2.75) is 36.7 Å². The summed E-state index contributed by atoms with van der Waals surface area (Å²) in [6.45, 7) is 4.54. The number of rotatable bonds is 2. The first-order valence-corrected chi connectivity index (χ1v) is 10.1. The standard InChI is InChI=1S/C21H22FN3S/c1-13-18-10-14(19-12-24-20-11-15(22)3-4-17(19)20)2-5-21(18)26-25(13)16-6-8-23-9-7-16/h2-5,10-13,16,23-24H,6-9H2,1H3. The second-order valence-corrected chi connectivity index (χ2v) is 8.30. The fourth-order valence-corrected chi connectivity index (χ4v) is 5.57. The third-order valence-corrected chi connectivity index (χ3v) is 7.06. The van der Waals surface area contributed by atoms with Gasteiger partial charge in [0, 0.05) is 39.6 Å². The molecule has 0 bridgehead atoms. The predicted octanol–water partition coefficient (Wildman–Crippen LogP) is 5.11. The number of hydrogen-bond donors (Lipinski definition) is 2. The van der Waals surface area contributed by atoms with Crippen LogP contribution < -0.4 is 5.32 Å². The number of nitrogens with one attached hydrogen (secondary N) is 2. The normalized spacial score (nSPS) is 21.4. The smallest absolute Gasteiger partial charge is 0.125 e. The molecule has 3 aromatic rings. The Bertz CT molecular complexity index is 961. The van der Waals surface area contributed by atoms with Crippen LogP contribution in [0.4, 0.5) is 4.39 Å². The van der Waals surface area contributed by atoms with E-state index in [1.165, 1.54) is 34.9 Å².